The molecule has 2 amide bonds. The zero-order valence-electron chi connectivity index (χ0n) is 14.4. The molecule has 7 nitrogen and oxygen atoms in total. The predicted molar refractivity (Wildman–Crippen MR) is 96.9 cm³/mol. The van der Waals surface area contributed by atoms with E-state index in [-0.39, 0.29) is 29.9 Å². The summed E-state index contributed by atoms with van der Waals surface area (Å²) in [6.07, 6.45) is 4.80. The number of thiocarbonyl (C=S) groups is 1. The van der Waals surface area contributed by atoms with Crippen molar-refractivity contribution in [2.24, 2.45) is 16.8 Å². The molecule has 0 aromatic heterocycles. The molecule has 8 heteroatoms. The number of aliphatic imine (C=N–C) groups is 1. The van der Waals surface area contributed by atoms with Crippen LogP contribution >= 0.6 is 12.2 Å². The Morgan fingerprint density at radius 3 is 2.80 bits per heavy atom. The van der Waals surface area contributed by atoms with Gasteiger partial charge in [-0.25, -0.2) is 9.79 Å². The van der Waals surface area contributed by atoms with Crippen LogP contribution in [0.25, 0.3) is 0 Å². The highest BCUT2D eigenvalue weighted by atomic mass is 32.1. The van der Waals surface area contributed by atoms with Gasteiger partial charge in [0.25, 0.3) is 0 Å². The number of rotatable bonds is 6. The topological polar surface area (TPSA) is 88.1 Å². The normalized spacial score (nSPS) is 19.4. The van der Waals surface area contributed by atoms with Crippen LogP contribution in [0.5, 0.6) is 0 Å². The number of nitrogens with zero attached hydrogens (tertiary/aromatic N) is 2. The predicted octanol–water partition coefficient (Wildman–Crippen LogP) is 1.00. The molecule has 0 spiro atoms. The van der Waals surface area contributed by atoms with E-state index in [2.05, 4.69) is 15.0 Å². The standard InChI is InChI=1S/C17H21N3O4S/c1-10(2)9-18-14(21)6-7-20-15(22)12-5-4-11(16(23)24-3)8-13(12)19-17(20)25/h4-5,8,10,12H,6-7,9H2,1-3H3,(H,18,21). The molecular weight excluding hydrogens is 342 g/mol. The first-order chi connectivity index (χ1) is 11.8. The van der Waals surface area contributed by atoms with Crippen molar-refractivity contribution in [3.63, 3.8) is 0 Å². The fraction of sp³-hybridized carbons (Fsp3) is 0.471. The van der Waals surface area contributed by atoms with E-state index in [1.807, 2.05) is 13.8 Å². The summed E-state index contributed by atoms with van der Waals surface area (Å²) in [5, 5.41) is 2.90. The average molecular weight is 363 g/mol. The molecular formula is C17H21N3O4S. The molecule has 0 aromatic carbocycles. The lowest BCUT2D eigenvalue weighted by atomic mass is 9.92. The van der Waals surface area contributed by atoms with Crippen molar-refractivity contribution in [3.05, 3.63) is 23.8 Å². The van der Waals surface area contributed by atoms with E-state index in [1.165, 1.54) is 24.2 Å². The van der Waals surface area contributed by atoms with Gasteiger partial charge in [0.2, 0.25) is 16.9 Å². The van der Waals surface area contributed by atoms with Gasteiger partial charge >= 0.3 is 5.97 Å². The highest BCUT2D eigenvalue weighted by Gasteiger charge is 2.35. The molecule has 0 aromatic rings. The van der Waals surface area contributed by atoms with Crippen LogP contribution in [0.15, 0.2) is 28.8 Å². The molecule has 0 saturated heterocycles. The maximum Gasteiger partial charge on any atom is 0.337 e. The van der Waals surface area contributed by atoms with Crippen molar-refractivity contribution < 1.29 is 19.1 Å². The number of nitrogens with one attached hydrogen (secondary N) is 1. The second-order valence-electron chi connectivity index (χ2n) is 6.19. The van der Waals surface area contributed by atoms with Crippen LogP contribution in [0.4, 0.5) is 0 Å². The Balaban J connectivity index is 2.05. The summed E-state index contributed by atoms with van der Waals surface area (Å²) < 4.78 is 4.66. The molecule has 1 unspecified atom stereocenters. The van der Waals surface area contributed by atoms with E-state index in [1.54, 1.807) is 6.08 Å². The van der Waals surface area contributed by atoms with Crippen LogP contribution in [-0.4, -0.2) is 53.7 Å². The third-order valence-electron chi connectivity index (χ3n) is 3.77. The van der Waals surface area contributed by atoms with Gasteiger partial charge in [0.1, 0.15) is 0 Å². The van der Waals surface area contributed by atoms with E-state index in [0.717, 1.165) is 0 Å². The molecule has 1 aliphatic carbocycles. The van der Waals surface area contributed by atoms with Crippen molar-refractivity contribution in [1.29, 1.82) is 0 Å². The van der Waals surface area contributed by atoms with E-state index in [4.69, 9.17) is 12.2 Å². The molecule has 1 heterocycles. The molecule has 0 saturated carbocycles. The molecule has 1 aliphatic heterocycles. The number of hydrogen-bond acceptors (Lipinski definition) is 5. The average Bonchev–Trinajstić information content (AvgIpc) is 2.58. The molecule has 1 N–H and O–H groups in total. The lowest BCUT2D eigenvalue weighted by Gasteiger charge is -2.30. The fourth-order valence-corrected chi connectivity index (χ4v) is 2.70. The molecule has 2 aliphatic rings. The monoisotopic (exact) mass is 363 g/mol. The SMILES string of the molecule is COC(=O)C1=CC2=NC(=S)N(CCC(=O)NCC(C)C)C(=O)C2C=C1. The lowest BCUT2D eigenvalue weighted by Crippen LogP contribution is -2.47. The number of carbonyl (C=O) groups is 3. The summed E-state index contributed by atoms with van der Waals surface area (Å²) in [7, 11) is 1.29. The molecule has 0 radical (unpaired) electrons. The molecule has 25 heavy (non-hydrogen) atoms. The first kappa shape index (κ1) is 19.0. The molecule has 0 bridgehead atoms. The second kappa shape index (κ2) is 8.15. The number of methoxy groups -OCH3 is 1. The van der Waals surface area contributed by atoms with E-state index < -0.39 is 11.9 Å². The summed E-state index contributed by atoms with van der Waals surface area (Å²) >= 11 is 5.18. The van der Waals surface area contributed by atoms with Crippen LogP contribution in [-0.2, 0) is 19.1 Å². The molecule has 0 fully saturated rings. The minimum absolute atomic E-state index is 0.101. The summed E-state index contributed by atoms with van der Waals surface area (Å²) in [4.78, 5) is 41.6. The Hall–Kier alpha value is -2.35. The third kappa shape index (κ3) is 4.60. The Kier molecular flexibility index (Phi) is 6.19. The Morgan fingerprint density at radius 2 is 2.16 bits per heavy atom. The number of hydrogen-bond donors (Lipinski definition) is 1. The van der Waals surface area contributed by atoms with E-state index in [9.17, 15) is 14.4 Å². The first-order valence-corrected chi connectivity index (χ1v) is 8.43. The van der Waals surface area contributed by atoms with Crippen molar-refractivity contribution in [2.75, 3.05) is 20.2 Å². The minimum atomic E-state index is -0.598. The van der Waals surface area contributed by atoms with E-state index >= 15 is 0 Å². The zero-order chi connectivity index (χ0) is 18.6. The lowest BCUT2D eigenvalue weighted by molar-refractivity contribution is -0.136. The number of fused-ring (bicyclic) bond motifs is 1. The van der Waals surface area contributed by atoms with Crippen LogP contribution in [0, 0.1) is 11.8 Å². The number of carbonyl (C=O) groups excluding carboxylic acids is 3. The van der Waals surface area contributed by atoms with Gasteiger partial charge in [0, 0.05) is 19.5 Å². The van der Waals surface area contributed by atoms with E-state index in [0.29, 0.717) is 23.7 Å². The van der Waals surface area contributed by atoms with Gasteiger partial charge in [0.05, 0.1) is 24.3 Å². The van der Waals surface area contributed by atoms with Gasteiger partial charge in [-0.3, -0.25) is 14.5 Å². The van der Waals surface area contributed by atoms with Gasteiger partial charge in [-0.05, 0) is 24.2 Å². The third-order valence-corrected chi connectivity index (χ3v) is 4.08. The Bertz CT molecular complexity index is 694. The van der Waals surface area contributed by atoms with Crippen LogP contribution < -0.4 is 5.32 Å². The molecule has 134 valence electrons. The number of ether oxygens (including phenoxy) is 1. The second-order valence-corrected chi connectivity index (χ2v) is 6.55. The van der Waals surface area contributed by atoms with Crippen LogP contribution in [0.1, 0.15) is 20.3 Å². The van der Waals surface area contributed by atoms with Crippen LogP contribution in [0.2, 0.25) is 0 Å². The number of amides is 2. The zero-order valence-corrected chi connectivity index (χ0v) is 15.3. The molecule has 2 rings (SSSR count). The maximum absolute atomic E-state index is 12.6. The quantitative estimate of drug-likeness (QED) is 0.562. The summed E-state index contributed by atoms with van der Waals surface area (Å²) in [6, 6.07) is 0. The number of esters is 1. The van der Waals surface area contributed by atoms with Gasteiger partial charge in [-0.2, -0.15) is 0 Å². The smallest absolute Gasteiger partial charge is 0.337 e. The summed E-state index contributed by atoms with van der Waals surface area (Å²) in [5.41, 5.74) is 0.730. The first-order valence-electron chi connectivity index (χ1n) is 8.02. The fourth-order valence-electron chi connectivity index (χ4n) is 2.41. The van der Waals surface area contributed by atoms with Crippen molar-refractivity contribution in [3.8, 4) is 0 Å². The van der Waals surface area contributed by atoms with Gasteiger partial charge in [-0.15, -0.1) is 0 Å². The summed E-state index contributed by atoms with van der Waals surface area (Å²) in [5.74, 6) is -1.12. The summed E-state index contributed by atoms with van der Waals surface area (Å²) in [6.45, 7) is 4.78. The maximum atomic E-state index is 12.6. The highest BCUT2D eigenvalue weighted by molar-refractivity contribution is 7.80. The Labute approximate surface area is 151 Å². The Morgan fingerprint density at radius 1 is 1.44 bits per heavy atom. The van der Waals surface area contributed by atoms with Crippen molar-refractivity contribution in [1.82, 2.24) is 10.2 Å². The molecule has 1 atom stereocenters. The largest absolute Gasteiger partial charge is 0.465 e. The number of allylic oxidation sites excluding steroid dienone is 1. The van der Waals surface area contributed by atoms with Gasteiger partial charge in [-0.1, -0.05) is 26.0 Å². The van der Waals surface area contributed by atoms with Crippen LogP contribution in [0.3, 0.4) is 0 Å². The minimum Gasteiger partial charge on any atom is -0.465 e. The van der Waals surface area contributed by atoms with Gasteiger partial charge in [0.15, 0.2) is 0 Å². The highest BCUT2D eigenvalue weighted by Crippen LogP contribution is 2.23. The van der Waals surface area contributed by atoms with Gasteiger partial charge < -0.3 is 10.1 Å². The van der Waals surface area contributed by atoms with Crippen molar-refractivity contribution >= 4 is 40.8 Å². The van der Waals surface area contributed by atoms with Crippen molar-refractivity contribution in [2.45, 2.75) is 20.3 Å².